The van der Waals surface area contributed by atoms with Gasteiger partial charge in [-0.05, 0) is 42.7 Å². The first-order valence-corrected chi connectivity index (χ1v) is 8.54. The van der Waals surface area contributed by atoms with Gasteiger partial charge in [-0.25, -0.2) is 4.79 Å². The number of methoxy groups -OCH3 is 1. The Bertz CT molecular complexity index is 753. The van der Waals surface area contributed by atoms with E-state index in [0.29, 0.717) is 37.4 Å². The van der Waals surface area contributed by atoms with Gasteiger partial charge in [-0.3, -0.25) is 10.1 Å². The molecule has 2 aromatic carbocycles. The second-order valence-corrected chi connectivity index (χ2v) is 6.21. The van der Waals surface area contributed by atoms with Crippen molar-refractivity contribution in [1.29, 1.82) is 0 Å². The maximum absolute atomic E-state index is 13.1. The topological polar surface area (TPSA) is 76.7 Å². The van der Waals surface area contributed by atoms with Crippen LogP contribution in [-0.2, 0) is 19.7 Å². The second kappa shape index (κ2) is 8.01. The third kappa shape index (κ3) is 3.86. The maximum atomic E-state index is 13.1. The summed E-state index contributed by atoms with van der Waals surface area (Å²) in [5.74, 6) is -0.0410. The van der Waals surface area contributed by atoms with E-state index in [9.17, 15) is 9.59 Å². The lowest BCUT2D eigenvalue weighted by molar-refractivity contribution is -0.125. The molecule has 0 radical (unpaired) electrons. The minimum atomic E-state index is -0.595. The number of hydrogen-bond donors (Lipinski definition) is 2. The number of benzene rings is 2. The monoisotopic (exact) mass is 354 g/mol. The lowest BCUT2D eigenvalue weighted by Gasteiger charge is -2.36. The molecule has 1 saturated heterocycles. The van der Waals surface area contributed by atoms with Gasteiger partial charge in [0.2, 0.25) is 5.91 Å². The Morgan fingerprint density at radius 2 is 1.50 bits per heavy atom. The van der Waals surface area contributed by atoms with Gasteiger partial charge < -0.3 is 14.8 Å². The van der Waals surface area contributed by atoms with E-state index in [2.05, 4.69) is 15.4 Å². The quantitative estimate of drug-likeness (QED) is 0.880. The highest BCUT2D eigenvalue weighted by molar-refractivity contribution is 5.99. The number of rotatable bonds is 4. The first kappa shape index (κ1) is 17.9. The van der Waals surface area contributed by atoms with E-state index in [-0.39, 0.29) is 5.91 Å². The number of ether oxygens (including phenoxy) is 2. The van der Waals surface area contributed by atoms with Crippen molar-refractivity contribution >= 4 is 23.4 Å². The molecule has 136 valence electrons. The number of anilines is 2. The Morgan fingerprint density at radius 1 is 0.923 bits per heavy atom. The fourth-order valence-corrected chi connectivity index (χ4v) is 3.18. The summed E-state index contributed by atoms with van der Waals surface area (Å²) in [6.07, 6.45) is 0.752. The molecule has 0 bridgehead atoms. The average molecular weight is 354 g/mol. The molecule has 1 fully saturated rings. The van der Waals surface area contributed by atoms with Crippen molar-refractivity contribution in [3.05, 3.63) is 60.2 Å². The van der Waals surface area contributed by atoms with Crippen LogP contribution in [-0.4, -0.2) is 32.3 Å². The maximum Gasteiger partial charge on any atom is 0.411 e. The summed E-state index contributed by atoms with van der Waals surface area (Å²) in [5, 5.41) is 5.59. The average Bonchev–Trinajstić information content (AvgIpc) is 2.70. The molecule has 0 saturated carbocycles. The van der Waals surface area contributed by atoms with E-state index < -0.39 is 11.5 Å². The minimum absolute atomic E-state index is 0.0410. The Labute approximate surface area is 152 Å². The molecule has 0 atom stereocenters. The van der Waals surface area contributed by atoms with Gasteiger partial charge in [-0.2, -0.15) is 0 Å². The molecule has 0 unspecified atom stereocenters. The Morgan fingerprint density at radius 3 is 2.08 bits per heavy atom. The van der Waals surface area contributed by atoms with Gasteiger partial charge in [0, 0.05) is 24.6 Å². The lowest BCUT2D eigenvalue weighted by Crippen LogP contribution is -2.44. The zero-order chi connectivity index (χ0) is 18.4. The summed E-state index contributed by atoms with van der Waals surface area (Å²) < 4.78 is 10.0. The molecule has 6 heteroatoms. The van der Waals surface area contributed by atoms with E-state index in [0.717, 1.165) is 5.56 Å². The molecule has 2 N–H and O–H groups in total. The van der Waals surface area contributed by atoms with Gasteiger partial charge in [-0.1, -0.05) is 30.3 Å². The summed E-state index contributed by atoms with van der Waals surface area (Å²) in [5.41, 5.74) is 1.68. The summed E-state index contributed by atoms with van der Waals surface area (Å²) in [4.78, 5) is 24.4. The fraction of sp³-hybridized carbons (Fsp3) is 0.300. The number of nitrogens with one attached hydrogen (secondary N) is 2. The highest BCUT2D eigenvalue weighted by Gasteiger charge is 2.41. The van der Waals surface area contributed by atoms with Crippen molar-refractivity contribution in [1.82, 2.24) is 0 Å². The summed E-state index contributed by atoms with van der Waals surface area (Å²) in [6.45, 7) is 1.12. The van der Waals surface area contributed by atoms with Crippen molar-refractivity contribution in [2.24, 2.45) is 0 Å². The first-order chi connectivity index (χ1) is 12.6. The van der Waals surface area contributed by atoms with Crippen LogP contribution in [0.4, 0.5) is 16.2 Å². The molecule has 1 heterocycles. The molecular formula is C20H22N2O4. The standard InChI is InChI=1S/C20H22N2O4/c1-25-19(24)22-17-9-7-16(8-10-17)21-18(23)20(11-13-26-14-12-20)15-5-3-2-4-6-15/h2-10H,11-14H2,1H3,(H,21,23)(H,22,24). The van der Waals surface area contributed by atoms with Crippen LogP contribution < -0.4 is 10.6 Å². The molecule has 0 aliphatic carbocycles. The summed E-state index contributed by atoms with van der Waals surface area (Å²) in [7, 11) is 1.31. The van der Waals surface area contributed by atoms with E-state index in [1.54, 1.807) is 24.3 Å². The lowest BCUT2D eigenvalue weighted by atomic mass is 9.73. The highest BCUT2D eigenvalue weighted by atomic mass is 16.5. The third-order valence-electron chi connectivity index (χ3n) is 4.68. The highest BCUT2D eigenvalue weighted by Crippen LogP contribution is 2.36. The number of carbonyl (C=O) groups is 2. The van der Waals surface area contributed by atoms with Gasteiger partial charge in [0.05, 0.1) is 12.5 Å². The Hall–Kier alpha value is -2.86. The van der Waals surface area contributed by atoms with Crippen LogP contribution in [0, 0.1) is 0 Å². The van der Waals surface area contributed by atoms with Gasteiger partial charge in [0.25, 0.3) is 0 Å². The van der Waals surface area contributed by atoms with Crippen LogP contribution >= 0.6 is 0 Å². The van der Waals surface area contributed by atoms with Crippen LogP contribution in [0.3, 0.4) is 0 Å². The van der Waals surface area contributed by atoms with Crippen LogP contribution in [0.1, 0.15) is 18.4 Å². The van der Waals surface area contributed by atoms with E-state index >= 15 is 0 Å². The summed E-state index contributed by atoms with van der Waals surface area (Å²) >= 11 is 0. The van der Waals surface area contributed by atoms with Crippen molar-refractivity contribution in [3.8, 4) is 0 Å². The zero-order valence-corrected chi connectivity index (χ0v) is 14.7. The second-order valence-electron chi connectivity index (χ2n) is 6.21. The minimum Gasteiger partial charge on any atom is -0.453 e. The van der Waals surface area contributed by atoms with E-state index in [1.165, 1.54) is 7.11 Å². The van der Waals surface area contributed by atoms with Crippen molar-refractivity contribution in [2.75, 3.05) is 31.0 Å². The predicted molar refractivity (Wildman–Crippen MR) is 99.3 cm³/mol. The molecule has 26 heavy (non-hydrogen) atoms. The number of amides is 2. The molecule has 6 nitrogen and oxygen atoms in total. The van der Waals surface area contributed by atoms with Crippen molar-refractivity contribution < 1.29 is 19.1 Å². The van der Waals surface area contributed by atoms with Crippen molar-refractivity contribution in [3.63, 3.8) is 0 Å². The predicted octanol–water partition coefficient (Wildman–Crippen LogP) is 3.55. The van der Waals surface area contributed by atoms with Gasteiger partial charge >= 0.3 is 6.09 Å². The third-order valence-corrected chi connectivity index (χ3v) is 4.68. The first-order valence-electron chi connectivity index (χ1n) is 8.54. The molecule has 1 aliphatic heterocycles. The molecular weight excluding hydrogens is 332 g/mol. The van der Waals surface area contributed by atoms with E-state index in [1.807, 2.05) is 30.3 Å². The Balaban J connectivity index is 1.77. The largest absolute Gasteiger partial charge is 0.453 e. The van der Waals surface area contributed by atoms with Crippen LogP contribution in [0.15, 0.2) is 54.6 Å². The van der Waals surface area contributed by atoms with Crippen molar-refractivity contribution in [2.45, 2.75) is 18.3 Å². The number of carbonyl (C=O) groups excluding carboxylic acids is 2. The molecule has 2 aromatic rings. The van der Waals surface area contributed by atoms with Crippen LogP contribution in [0.2, 0.25) is 0 Å². The van der Waals surface area contributed by atoms with Crippen LogP contribution in [0.5, 0.6) is 0 Å². The smallest absolute Gasteiger partial charge is 0.411 e. The molecule has 0 aromatic heterocycles. The van der Waals surface area contributed by atoms with E-state index in [4.69, 9.17) is 4.74 Å². The SMILES string of the molecule is COC(=O)Nc1ccc(NC(=O)C2(c3ccccc3)CCOCC2)cc1. The zero-order valence-electron chi connectivity index (χ0n) is 14.7. The van der Waals surface area contributed by atoms with Crippen LogP contribution in [0.25, 0.3) is 0 Å². The number of hydrogen-bond acceptors (Lipinski definition) is 4. The molecule has 3 rings (SSSR count). The molecule has 2 amide bonds. The van der Waals surface area contributed by atoms with Gasteiger partial charge in [-0.15, -0.1) is 0 Å². The summed E-state index contributed by atoms with van der Waals surface area (Å²) in [6, 6.07) is 16.8. The molecule has 1 aliphatic rings. The molecule has 0 spiro atoms. The fourth-order valence-electron chi connectivity index (χ4n) is 3.18. The Kier molecular flexibility index (Phi) is 5.53. The normalized spacial score (nSPS) is 15.7. The van der Waals surface area contributed by atoms with Gasteiger partial charge in [0.1, 0.15) is 0 Å². The van der Waals surface area contributed by atoms with Gasteiger partial charge in [0.15, 0.2) is 0 Å².